The average molecular weight is 438 g/mol. The minimum absolute atomic E-state index is 0.359. The van der Waals surface area contributed by atoms with Gasteiger partial charge in [0.1, 0.15) is 0 Å². The maximum absolute atomic E-state index is 11.7. The zero-order chi connectivity index (χ0) is 20.9. The lowest BCUT2D eigenvalue weighted by Crippen LogP contribution is -2.17. The smallest absolute Gasteiger partial charge is 0.290 e. The molecule has 0 saturated carbocycles. The minimum atomic E-state index is -0.380. The third-order valence-corrected chi connectivity index (χ3v) is 6.32. The van der Waals surface area contributed by atoms with Gasteiger partial charge in [0.2, 0.25) is 0 Å². The van der Waals surface area contributed by atoms with Crippen molar-refractivity contribution in [3.63, 3.8) is 0 Å². The second-order valence-electron chi connectivity index (χ2n) is 6.44. The fourth-order valence-electron chi connectivity index (χ4n) is 3.09. The molecular weight excluding hydrogens is 418 g/mol. The first-order chi connectivity index (χ1) is 14.6. The number of hydrogen-bond acceptors (Lipinski definition) is 6. The van der Waals surface area contributed by atoms with Crippen molar-refractivity contribution in [1.82, 2.24) is 5.32 Å². The molecule has 0 bridgehead atoms. The maximum Gasteiger partial charge on any atom is 0.290 e. The van der Waals surface area contributed by atoms with E-state index in [1.165, 1.54) is 15.7 Å². The van der Waals surface area contributed by atoms with Gasteiger partial charge in [0.15, 0.2) is 11.5 Å². The van der Waals surface area contributed by atoms with Crippen LogP contribution in [-0.2, 0) is 4.79 Å². The van der Waals surface area contributed by atoms with Crippen LogP contribution in [0.2, 0.25) is 0 Å². The first-order valence-corrected chi connectivity index (χ1v) is 11.1. The van der Waals surface area contributed by atoms with E-state index in [-0.39, 0.29) is 11.1 Å². The topological polar surface area (TPSA) is 64.6 Å². The van der Waals surface area contributed by atoms with E-state index < -0.39 is 0 Å². The van der Waals surface area contributed by atoms with Gasteiger partial charge in [0, 0.05) is 10.6 Å². The summed E-state index contributed by atoms with van der Waals surface area (Å²) in [4.78, 5) is 24.6. The summed E-state index contributed by atoms with van der Waals surface area (Å²) in [5.74, 6) is 1.63. The third-order valence-electron chi connectivity index (χ3n) is 4.48. The summed E-state index contributed by atoms with van der Waals surface area (Å²) in [6.07, 6.45) is 1.66. The van der Waals surface area contributed by atoms with Crippen LogP contribution < -0.4 is 14.8 Å². The summed E-state index contributed by atoms with van der Waals surface area (Å²) in [6, 6.07) is 20.1. The van der Waals surface area contributed by atoms with Crippen molar-refractivity contribution >= 4 is 51.5 Å². The van der Waals surface area contributed by atoms with Crippen molar-refractivity contribution in [2.24, 2.45) is 0 Å². The van der Waals surface area contributed by atoms with Gasteiger partial charge < -0.3 is 9.47 Å². The van der Waals surface area contributed by atoms with E-state index in [0.717, 1.165) is 23.1 Å². The molecule has 3 aromatic rings. The van der Waals surface area contributed by atoms with Crippen LogP contribution in [0.15, 0.2) is 70.5 Å². The number of hydrogen-bond donors (Lipinski definition) is 1. The number of benzene rings is 3. The molecule has 1 fully saturated rings. The van der Waals surface area contributed by atoms with Crippen molar-refractivity contribution in [3.05, 3.63) is 71.1 Å². The van der Waals surface area contributed by atoms with Crippen LogP contribution in [0.3, 0.4) is 0 Å². The molecule has 0 unspecified atom stereocenters. The molecule has 4 rings (SSSR count). The van der Waals surface area contributed by atoms with Crippen LogP contribution in [0.4, 0.5) is 4.79 Å². The van der Waals surface area contributed by atoms with E-state index >= 15 is 0 Å². The lowest BCUT2D eigenvalue weighted by atomic mass is 10.1. The summed E-state index contributed by atoms with van der Waals surface area (Å²) in [7, 11) is 1.57. The van der Waals surface area contributed by atoms with Crippen LogP contribution in [0.1, 0.15) is 5.56 Å². The number of carbonyl (C=O) groups excluding carboxylic acids is 2. The van der Waals surface area contributed by atoms with Crippen molar-refractivity contribution in [1.29, 1.82) is 0 Å². The molecule has 0 aliphatic carbocycles. The summed E-state index contributed by atoms with van der Waals surface area (Å²) in [5, 5.41) is 4.36. The van der Waals surface area contributed by atoms with Gasteiger partial charge in [-0.15, -0.1) is 11.8 Å². The number of rotatable bonds is 7. The first-order valence-electron chi connectivity index (χ1n) is 9.30. The molecule has 1 heterocycles. The zero-order valence-electron chi connectivity index (χ0n) is 16.2. The highest BCUT2D eigenvalue weighted by molar-refractivity contribution is 8.18. The molecule has 2 amide bonds. The van der Waals surface area contributed by atoms with Crippen LogP contribution in [-0.4, -0.2) is 30.6 Å². The lowest BCUT2D eigenvalue weighted by Gasteiger charge is -2.12. The summed E-state index contributed by atoms with van der Waals surface area (Å²) >= 11 is 2.64. The van der Waals surface area contributed by atoms with Crippen molar-refractivity contribution in [3.8, 4) is 11.5 Å². The molecule has 7 heteroatoms. The molecule has 5 nitrogen and oxygen atoms in total. The number of nitrogens with one attached hydrogen (secondary N) is 1. The molecule has 3 aromatic carbocycles. The number of amides is 2. The molecule has 0 atom stereocenters. The molecule has 1 N–H and O–H groups in total. The SMILES string of the molecule is COc1cc(/C=C2\SC(=O)NC2=O)ccc1OCCSc1cccc2ccccc12. The Balaban J connectivity index is 1.39. The Morgan fingerprint density at radius 3 is 2.67 bits per heavy atom. The molecule has 0 aromatic heterocycles. The van der Waals surface area contributed by atoms with E-state index in [9.17, 15) is 9.59 Å². The van der Waals surface area contributed by atoms with Crippen LogP contribution in [0, 0.1) is 0 Å². The van der Waals surface area contributed by atoms with Crippen LogP contribution >= 0.6 is 23.5 Å². The number of imide groups is 1. The Morgan fingerprint density at radius 2 is 1.87 bits per heavy atom. The molecular formula is C23H19NO4S2. The Kier molecular flexibility index (Phi) is 6.30. The van der Waals surface area contributed by atoms with E-state index in [1.807, 2.05) is 24.3 Å². The molecule has 1 aliphatic heterocycles. The number of ether oxygens (including phenoxy) is 2. The molecule has 0 radical (unpaired) electrons. The third kappa shape index (κ3) is 4.63. The van der Waals surface area contributed by atoms with Gasteiger partial charge in [-0.25, -0.2) is 0 Å². The van der Waals surface area contributed by atoms with Gasteiger partial charge in [0.25, 0.3) is 11.1 Å². The van der Waals surface area contributed by atoms with E-state index in [1.54, 1.807) is 31.0 Å². The number of methoxy groups -OCH3 is 1. The standard InChI is InChI=1S/C23H19NO4S2/c1-27-19-13-15(14-21-22(25)24-23(26)30-21)9-10-18(19)28-11-12-29-20-8-4-6-16-5-2-3-7-17(16)20/h2-10,13-14H,11-12H2,1H3,(H,24,25,26)/b21-14-. The highest BCUT2D eigenvalue weighted by Gasteiger charge is 2.25. The first kappa shape index (κ1) is 20.4. The lowest BCUT2D eigenvalue weighted by molar-refractivity contribution is -0.115. The second kappa shape index (κ2) is 9.28. The normalized spacial score (nSPS) is 14.9. The molecule has 152 valence electrons. The summed E-state index contributed by atoms with van der Waals surface area (Å²) < 4.78 is 11.4. The predicted molar refractivity (Wildman–Crippen MR) is 122 cm³/mol. The maximum atomic E-state index is 11.7. The second-order valence-corrected chi connectivity index (χ2v) is 8.59. The Hall–Kier alpha value is -2.90. The van der Waals surface area contributed by atoms with Gasteiger partial charge in [-0.05, 0) is 52.4 Å². The molecule has 0 spiro atoms. The fourth-order valence-corrected chi connectivity index (χ4v) is 4.68. The molecule has 1 aliphatic rings. The number of carbonyl (C=O) groups is 2. The molecule has 1 saturated heterocycles. The van der Waals surface area contributed by atoms with Gasteiger partial charge in [-0.3, -0.25) is 14.9 Å². The van der Waals surface area contributed by atoms with E-state index in [4.69, 9.17) is 9.47 Å². The average Bonchev–Trinajstić information content (AvgIpc) is 3.08. The van der Waals surface area contributed by atoms with Gasteiger partial charge in [-0.1, -0.05) is 42.5 Å². The van der Waals surface area contributed by atoms with Crippen molar-refractivity contribution in [2.45, 2.75) is 4.90 Å². The summed E-state index contributed by atoms with van der Waals surface area (Å²) in [6.45, 7) is 0.525. The van der Waals surface area contributed by atoms with Crippen LogP contribution in [0.5, 0.6) is 11.5 Å². The van der Waals surface area contributed by atoms with Crippen molar-refractivity contribution < 1.29 is 19.1 Å². The van der Waals surface area contributed by atoms with E-state index in [0.29, 0.717) is 23.0 Å². The highest BCUT2D eigenvalue weighted by Crippen LogP contribution is 2.32. The zero-order valence-corrected chi connectivity index (χ0v) is 17.8. The predicted octanol–water partition coefficient (Wildman–Crippen LogP) is 5.34. The van der Waals surface area contributed by atoms with Crippen LogP contribution in [0.25, 0.3) is 16.8 Å². The van der Waals surface area contributed by atoms with Gasteiger partial charge >= 0.3 is 0 Å². The van der Waals surface area contributed by atoms with E-state index in [2.05, 4.69) is 35.6 Å². The number of thioether (sulfide) groups is 2. The molecule has 30 heavy (non-hydrogen) atoms. The van der Waals surface area contributed by atoms with Crippen molar-refractivity contribution in [2.75, 3.05) is 19.5 Å². The van der Waals surface area contributed by atoms with Gasteiger partial charge in [-0.2, -0.15) is 0 Å². The highest BCUT2D eigenvalue weighted by atomic mass is 32.2. The Morgan fingerprint density at radius 1 is 1.03 bits per heavy atom. The fraction of sp³-hybridized carbons (Fsp3) is 0.130. The summed E-state index contributed by atoms with van der Waals surface area (Å²) in [5.41, 5.74) is 0.761. The Bertz CT molecular complexity index is 1140. The minimum Gasteiger partial charge on any atom is -0.493 e. The largest absolute Gasteiger partial charge is 0.493 e. The number of fused-ring (bicyclic) bond motifs is 1. The quantitative estimate of drug-likeness (QED) is 0.306. The monoisotopic (exact) mass is 437 g/mol. The Labute approximate surface area is 182 Å². The van der Waals surface area contributed by atoms with Gasteiger partial charge in [0.05, 0.1) is 18.6 Å².